The van der Waals surface area contributed by atoms with Crippen molar-refractivity contribution < 1.29 is 8.42 Å². The van der Waals surface area contributed by atoms with Gasteiger partial charge in [-0.25, -0.2) is 17.7 Å². The highest BCUT2D eigenvalue weighted by Gasteiger charge is 2.25. The quantitative estimate of drug-likeness (QED) is 0.719. The van der Waals surface area contributed by atoms with Crippen LogP contribution in [0.25, 0.3) is 0 Å². The number of nitrogens with zero attached hydrogens (tertiary/aromatic N) is 4. The zero-order valence-electron chi connectivity index (χ0n) is 15.7. The highest BCUT2D eigenvalue weighted by molar-refractivity contribution is 7.89. The van der Waals surface area contributed by atoms with E-state index in [1.807, 2.05) is 6.07 Å². The monoisotopic (exact) mass is 382 g/mol. The van der Waals surface area contributed by atoms with Crippen LogP contribution < -0.4 is 15.5 Å². The van der Waals surface area contributed by atoms with E-state index in [2.05, 4.69) is 39.3 Å². The molecular weight excluding hydrogens is 352 g/mol. The summed E-state index contributed by atoms with van der Waals surface area (Å²) in [4.78, 5) is 11.1. The molecule has 1 unspecified atom stereocenters. The summed E-state index contributed by atoms with van der Waals surface area (Å²) in [5.41, 5.74) is 0. The van der Waals surface area contributed by atoms with Crippen molar-refractivity contribution in [2.75, 3.05) is 55.2 Å². The molecule has 0 radical (unpaired) electrons. The summed E-state index contributed by atoms with van der Waals surface area (Å²) in [5, 5.41) is 6.61. The molecule has 2 saturated heterocycles. The lowest BCUT2D eigenvalue weighted by Gasteiger charge is -2.36. The molecule has 1 aromatic heterocycles. The van der Waals surface area contributed by atoms with Crippen LogP contribution in [0.15, 0.2) is 12.3 Å². The van der Waals surface area contributed by atoms with Crippen molar-refractivity contribution in [3.05, 3.63) is 12.3 Å². The van der Waals surface area contributed by atoms with Crippen LogP contribution in [0.3, 0.4) is 0 Å². The zero-order valence-corrected chi connectivity index (χ0v) is 16.5. The van der Waals surface area contributed by atoms with E-state index in [0.717, 1.165) is 38.3 Å². The normalized spacial score (nSPS) is 22.1. The second kappa shape index (κ2) is 8.49. The van der Waals surface area contributed by atoms with Crippen molar-refractivity contribution in [1.29, 1.82) is 0 Å². The summed E-state index contributed by atoms with van der Waals surface area (Å²) < 4.78 is 26.1. The highest BCUT2D eigenvalue weighted by Crippen LogP contribution is 2.17. The minimum absolute atomic E-state index is 0.0731. The molecule has 3 heterocycles. The van der Waals surface area contributed by atoms with Crippen molar-refractivity contribution in [2.45, 2.75) is 32.7 Å². The summed E-state index contributed by atoms with van der Waals surface area (Å²) >= 11 is 0. The van der Waals surface area contributed by atoms with Gasteiger partial charge in [-0.3, -0.25) is 0 Å². The van der Waals surface area contributed by atoms with Gasteiger partial charge in [-0.05, 0) is 24.8 Å². The largest absolute Gasteiger partial charge is 0.354 e. The van der Waals surface area contributed by atoms with E-state index in [4.69, 9.17) is 0 Å². The maximum atomic E-state index is 12.3. The Balaban J connectivity index is 1.56. The third-order valence-electron chi connectivity index (χ3n) is 5.08. The molecule has 2 fully saturated rings. The zero-order chi connectivity index (χ0) is 18.6. The van der Waals surface area contributed by atoms with E-state index in [1.54, 1.807) is 10.5 Å². The van der Waals surface area contributed by atoms with Crippen molar-refractivity contribution in [2.24, 2.45) is 5.92 Å². The highest BCUT2D eigenvalue weighted by atomic mass is 32.2. The van der Waals surface area contributed by atoms with Gasteiger partial charge >= 0.3 is 0 Å². The molecule has 2 aliphatic heterocycles. The molecule has 1 aromatic rings. The fourth-order valence-electron chi connectivity index (χ4n) is 3.43. The maximum absolute atomic E-state index is 12.3. The number of rotatable bonds is 7. The lowest BCUT2D eigenvalue weighted by atomic mass is 10.0. The maximum Gasteiger partial charge on any atom is 0.224 e. The summed E-state index contributed by atoms with van der Waals surface area (Å²) in [6.45, 7) is 8.80. The third kappa shape index (κ3) is 4.83. The van der Waals surface area contributed by atoms with Crippen molar-refractivity contribution in [3.8, 4) is 0 Å². The fraction of sp³-hybridized carbons (Fsp3) is 0.765. The number of anilines is 2. The van der Waals surface area contributed by atoms with Gasteiger partial charge in [0, 0.05) is 51.5 Å². The summed E-state index contributed by atoms with van der Waals surface area (Å²) in [5.74, 6) is 2.01. The Labute approximate surface area is 156 Å². The van der Waals surface area contributed by atoms with E-state index < -0.39 is 10.0 Å². The predicted molar refractivity (Wildman–Crippen MR) is 104 cm³/mol. The lowest BCUT2D eigenvalue weighted by molar-refractivity contribution is 0.367. The van der Waals surface area contributed by atoms with E-state index in [-0.39, 0.29) is 5.75 Å². The van der Waals surface area contributed by atoms with Gasteiger partial charge in [-0.2, -0.15) is 4.98 Å². The van der Waals surface area contributed by atoms with Gasteiger partial charge in [0.1, 0.15) is 5.82 Å². The minimum atomic E-state index is -3.18. The molecule has 146 valence electrons. The second-order valence-electron chi connectivity index (χ2n) is 7.34. The molecule has 0 amide bonds. The Bertz CT molecular complexity index is 690. The van der Waals surface area contributed by atoms with Gasteiger partial charge in [-0.15, -0.1) is 0 Å². The number of nitrogens with one attached hydrogen (secondary N) is 2. The van der Waals surface area contributed by atoms with Crippen LogP contribution in [0.4, 0.5) is 11.8 Å². The molecule has 1 atom stereocenters. The van der Waals surface area contributed by atoms with Crippen molar-refractivity contribution in [1.82, 2.24) is 19.6 Å². The molecule has 26 heavy (non-hydrogen) atoms. The van der Waals surface area contributed by atoms with Crippen LogP contribution in [0.1, 0.15) is 26.7 Å². The van der Waals surface area contributed by atoms with Gasteiger partial charge < -0.3 is 15.5 Å². The van der Waals surface area contributed by atoms with E-state index >= 15 is 0 Å². The average molecular weight is 383 g/mol. The first-order valence-electron chi connectivity index (χ1n) is 9.49. The Morgan fingerprint density at radius 1 is 1.31 bits per heavy atom. The number of hydrogen-bond donors (Lipinski definition) is 2. The molecule has 0 aromatic carbocycles. The van der Waals surface area contributed by atoms with Gasteiger partial charge in [0.15, 0.2) is 0 Å². The van der Waals surface area contributed by atoms with Gasteiger partial charge in [0.2, 0.25) is 16.0 Å². The SMILES string of the molecule is CC(C)C1CN(c2ccnc(NCCS(=O)(=O)N3CCCC3)n2)CCN1. The van der Waals surface area contributed by atoms with E-state index in [9.17, 15) is 8.42 Å². The summed E-state index contributed by atoms with van der Waals surface area (Å²) in [7, 11) is -3.18. The molecule has 0 spiro atoms. The summed E-state index contributed by atoms with van der Waals surface area (Å²) in [6, 6.07) is 2.36. The Morgan fingerprint density at radius 2 is 2.08 bits per heavy atom. The third-order valence-corrected chi connectivity index (χ3v) is 6.95. The molecule has 0 bridgehead atoms. The number of aromatic nitrogens is 2. The summed E-state index contributed by atoms with van der Waals surface area (Å²) in [6.07, 6.45) is 3.64. The Hall–Kier alpha value is -1.45. The van der Waals surface area contributed by atoms with Crippen molar-refractivity contribution >= 4 is 21.8 Å². The molecule has 0 saturated carbocycles. The molecule has 9 heteroatoms. The number of piperazine rings is 1. The van der Waals surface area contributed by atoms with Crippen LogP contribution in [-0.2, 0) is 10.0 Å². The van der Waals surface area contributed by atoms with E-state index in [1.165, 1.54) is 0 Å². The average Bonchev–Trinajstić information content (AvgIpc) is 3.18. The van der Waals surface area contributed by atoms with Crippen LogP contribution in [-0.4, -0.2) is 73.8 Å². The Morgan fingerprint density at radius 3 is 2.81 bits per heavy atom. The smallest absolute Gasteiger partial charge is 0.224 e. The molecule has 8 nitrogen and oxygen atoms in total. The predicted octanol–water partition coefficient (Wildman–Crippen LogP) is 0.748. The molecule has 3 rings (SSSR count). The first-order chi connectivity index (χ1) is 12.5. The van der Waals surface area contributed by atoms with Gasteiger partial charge in [-0.1, -0.05) is 13.8 Å². The van der Waals surface area contributed by atoms with Gasteiger partial charge in [0.25, 0.3) is 0 Å². The molecule has 2 N–H and O–H groups in total. The molecule has 2 aliphatic rings. The molecular formula is C17H30N6O2S. The van der Waals surface area contributed by atoms with Crippen LogP contribution in [0.2, 0.25) is 0 Å². The fourth-order valence-corrected chi connectivity index (χ4v) is 4.86. The lowest BCUT2D eigenvalue weighted by Crippen LogP contribution is -2.53. The van der Waals surface area contributed by atoms with Crippen molar-refractivity contribution in [3.63, 3.8) is 0 Å². The van der Waals surface area contributed by atoms with Crippen LogP contribution >= 0.6 is 0 Å². The molecule has 0 aliphatic carbocycles. The standard InChI is InChI=1S/C17H30N6O2S/c1-14(2)15-13-22(11-7-18-15)16-5-6-19-17(21-16)20-8-12-26(24,25)23-9-3-4-10-23/h5-6,14-15,18H,3-4,7-13H2,1-2H3,(H,19,20,21). The topological polar surface area (TPSA) is 90.5 Å². The van der Waals surface area contributed by atoms with Crippen LogP contribution in [0.5, 0.6) is 0 Å². The van der Waals surface area contributed by atoms with E-state index in [0.29, 0.717) is 37.5 Å². The Kier molecular flexibility index (Phi) is 6.31. The van der Waals surface area contributed by atoms with Gasteiger partial charge in [0.05, 0.1) is 5.75 Å². The minimum Gasteiger partial charge on any atom is -0.354 e. The second-order valence-corrected chi connectivity index (χ2v) is 9.43. The number of sulfonamides is 1. The first-order valence-corrected chi connectivity index (χ1v) is 11.1. The van der Waals surface area contributed by atoms with Crippen LogP contribution in [0, 0.1) is 5.92 Å². The number of hydrogen-bond acceptors (Lipinski definition) is 7. The first kappa shape index (κ1) is 19.3.